The highest BCUT2D eigenvalue weighted by Crippen LogP contribution is 2.43. The lowest BCUT2D eigenvalue weighted by Crippen LogP contribution is -2.31. The number of hydrogen-bond donors (Lipinski definition) is 1. The van der Waals surface area contributed by atoms with Gasteiger partial charge in [-0.1, -0.05) is 19.8 Å². The van der Waals surface area contributed by atoms with Crippen molar-refractivity contribution in [3.8, 4) is 0 Å². The van der Waals surface area contributed by atoms with Crippen LogP contribution in [0.5, 0.6) is 0 Å². The third-order valence-electron chi connectivity index (χ3n) is 4.23. The molecule has 1 aliphatic heterocycles. The molecule has 2 unspecified atom stereocenters. The van der Waals surface area contributed by atoms with Gasteiger partial charge in [0.2, 0.25) is 0 Å². The average Bonchev–Trinajstić information content (AvgIpc) is 2.88. The highest BCUT2D eigenvalue weighted by molar-refractivity contribution is 7.91. The molecule has 0 aromatic carbocycles. The fourth-order valence-corrected chi connectivity index (χ4v) is 5.19. The summed E-state index contributed by atoms with van der Waals surface area (Å²) < 4.78 is 30.1. The summed E-state index contributed by atoms with van der Waals surface area (Å²) in [5.41, 5.74) is 5.51. The van der Waals surface area contributed by atoms with E-state index in [1.165, 1.54) is 12.8 Å². The smallest absolute Gasteiger partial charge is 0.153 e. The second-order valence-electron chi connectivity index (χ2n) is 6.09. The minimum Gasteiger partial charge on any atom is -0.371 e. The van der Waals surface area contributed by atoms with Crippen LogP contribution in [0.15, 0.2) is 0 Å². The van der Waals surface area contributed by atoms with Crippen LogP contribution < -0.4 is 5.73 Å². The van der Waals surface area contributed by atoms with Gasteiger partial charge in [0.25, 0.3) is 0 Å². The van der Waals surface area contributed by atoms with Gasteiger partial charge in [0, 0.05) is 0 Å². The summed E-state index contributed by atoms with van der Waals surface area (Å²) >= 11 is 0. The lowest BCUT2D eigenvalue weighted by atomic mass is 9.98. The fourth-order valence-electron chi connectivity index (χ4n) is 3.25. The Hall–Kier alpha value is -0.130. The molecule has 0 bridgehead atoms. The Morgan fingerprint density at radius 3 is 2.61 bits per heavy atom. The molecule has 2 fully saturated rings. The molecule has 2 rings (SSSR count). The highest BCUT2D eigenvalue weighted by atomic mass is 32.2. The maximum atomic E-state index is 12.0. The Morgan fingerprint density at radius 1 is 1.33 bits per heavy atom. The van der Waals surface area contributed by atoms with Gasteiger partial charge in [0.05, 0.1) is 23.2 Å². The molecule has 5 heteroatoms. The molecule has 1 spiro atoms. The first-order chi connectivity index (χ1) is 8.45. The van der Waals surface area contributed by atoms with Gasteiger partial charge >= 0.3 is 0 Å². The molecule has 0 radical (unpaired) electrons. The molecule has 1 saturated heterocycles. The van der Waals surface area contributed by atoms with E-state index < -0.39 is 9.84 Å². The van der Waals surface area contributed by atoms with Crippen LogP contribution in [0.25, 0.3) is 0 Å². The third kappa shape index (κ3) is 3.45. The Morgan fingerprint density at radius 2 is 2.00 bits per heavy atom. The van der Waals surface area contributed by atoms with Gasteiger partial charge in [0.1, 0.15) is 0 Å². The maximum absolute atomic E-state index is 12.0. The molecular formula is C13H25NO3S. The van der Waals surface area contributed by atoms with E-state index in [2.05, 4.69) is 0 Å². The van der Waals surface area contributed by atoms with E-state index >= 15 is 0 Å². The van der Waals surface area contributed by atoms with Crippen molar-refractivity contribution in [1.82, 2.24) is 0 Å². The number of nitrogens with two attached hydrogens (primary N) is 1. The molecule has 1 saturated carbocycles. The number of sulfone groups is 1. The zero-order valence-corrected chi connectivity index (χ0v) is 12.0. The predicted molar refractivity (Wildman–Crippen MR) is 72.2 cm³/mol. The minimum atomic E-state index is -3.03. The number of ether oxygens (including phenoxy) is 1. The van der Waals surface area contributed by atoms with E-state index in [9.17, 15) is 8.42 Å². The van der Waals surface area contributed by atoms with E-state index in [1.807, 2.05) is 6.92 Å². The van der Waals surface area contributed by atoms with Crippen molar-refractivity contribution in [2.24, 2.45) is 11.7 Å². The zero-order chi connectivity index (χ0) is 13.2. The van der Waals surface area contributed by atoms with Gasteiger partial charge < -0.3 is 10.5 Å². The molecule has 1 heterocycles. The van der Waals surface area contributed by atoms with Crippen molar-refractivity contribution in [1.29, 1.82) is 0 Å². The standard InChI is InChI=1S/C13H25NO3S/c1-11(8-14)9-18(15,16)10-12-4-7-13(17-12)5-2-3-6-13/h11-12H,2-10,14H2,1H3. The first kappa shape index (κ1) is 14.3. The third-order valence-corrected chi connectivity index (χ3v) is 6.19. The molecule has 0 amide bonds. The minimum absolute atomic E-state index is 0.0275. The molecule has 0 aromatic rings. The van der Waals surface area contributed by atoms with Gasteiger partial charge in [0.15, 0.2) is 9.84 Å². The summed E-state index contributed by atoms with van der Waals surface area (Å²) in [4.78, 5) is 0. The topological polar surface area (TPSA) is 69.4 Å². The number of hydrogen-bond acceptors (Lipinski definition) is 4. The van der Waals surface area contributed by atoms with Crippen LogP contribution in [-0.4, -0.2) is 38.2 Å². The van der Waals surface area contributed by atoms with Crippen molar-refractivity contribution in [2.45, 2.75) is 57.2 Å². The summed E-state index contributed by atoms with van der Waals surface area (Å²) in [6.07, 6.45) is 6.53. The van der Waals surface area contributed by atoms with Crippen LogP contribution in [0.3, 0.4) is 0 Å². The lowest BCUT2D eigenvalue weighted by Gasteiger charge is -2.23. The molecular weight excluding hydrogens is 250 g/mol. The average molecular weight is 275 g/mol. The van der Waals surface area contributed by atoms with E-state index in [1.54, 1.807) is 0 Å². The van der Waals surface area contributed by atoms with E-state index in [-0.39, 0.29) is 29.1 Å². The van der Waals surface area contributed by atoms with Crippen LogP contribution in [0.4, 0.5) is 0 Å². The van der Waals surface area contributed by atoms with Crippen LogP contribution in [0.2, 0.25) is 0 Å². The highest BCUT2D eigenvalue weighted by Gasteiger charge is 2.43. The Kier molecular flexibility index (Phi) is 4.34. The maximum Gasteiger partial charge on any atom is 0.153 e. The Balaban J connectivity index is 1.87. The molecule has 1 aliphatic carbocycles. The van der Waals surface area contributed by atoms with Gasteiger partial charge in [-0.25, -0.2) is 8.42 Å². The first-order valence-corrected chi connectivity index (χ1v) is 8.85. The summed E-state index contributed by atoms with van der Waals surface area (Å²) in [5, 5.41) is 0. The van der Waals surface area contributed by atoms with Crippen LogP contribution in [0, 0.1) is 5.92 Å². The van der Waals surface area contributed by atoms with Gasteiger partial charge in [-0.2, -0.15) is 0 Å². The van der Waals surface area contributed by atoms with Crippen molar-refractivity contribution >= 4 is 9.84 Å². The van der Waals surface area contributed by atoms with Crippen LogP contribution in [-0.2, 0) is 14.6 Å². The molecule has 2 atom stereocenters. The predicted octanol–water partition coefficient (Wildman–Crippen LogP) is 1.49. The second kappa shape index (κ2) is 5.47. The lowest BCUT2D eigenvalue weighted by molar-refractivity contribution is -0.0273. The van der Waals surface area contributed by atoms with Crippen molar-refractivity contribution < 1.29 is 13.2 Å². The van der Waals surface area contributed by atoms with Crippen molar-refractivity contribution in [3.63, 3.8) is 0 Å². The molecule has 2 N–H and O–H groups in total. The Bertz CT molecular complexity index is 374. The first-order valence-electron chi connectivity index (χ1n) is 7.03. The van der Waals surface area contributed by atoms with Crippen LogP contribution in [0.1, 0.15) is 45.4 Å². The molecule has 106 valence electrons. The summed E-state index contributed by atoms with van der Waals surface area (Å²) in [5.74, 6) is 0.409. The summed E-state index contributed by atoms with van der Waals surface area (Å²) in [7, 11) is -3.03. The van der Waals surface area contributed by atoms with E-state index in [0.29, 0.717) is 6.54 Å². The number of rotatable bonds is 5. The molecule has 0 aromatic heterocycles. The quantitative estimate of drug-likeness (QED) is 0.825. The second-order valence-corrected chi connectivity index (χ2v) is 8.24. The monoisotopic (exact) mass is 275 g/mol. The van der Waals surface area contributed by atoms with E-state index in [0.717, 1.165) is 25.7 Å². The zero-order valence-electron chi connectivity index (χ0n) is 11.2. The SMILES string of the molecule is CC(CN)CS(=O)(=O)CC1CCC2(CCCC2)O1. The van der Waals surface area contributed by atoms with E-state index in [4.69, 9.17) is 10.5 Å². The van der Waals surface area contributed by atoms with Crippen molar-refractivity contribution in [2.75, 3.05) is 18.1 Å². The van der Waals surface area contributed by atoms with Crippen molar-refractivity contribution in [3.05, 3.63) is 0 Å². The Labute approximate surface area is 110 Å². The normalized spacial score (nSPS) is 28.9. The van der Waals surface area contributed by atoms with Gasteiger partial charge in [-0.15, -0.1) is 0 Å². The van der Waals surface area contributed by atoms with Gasteiger partial charge in [-0.3, -0.25) is 0 Å². The summed E-state index contributed by atoms with van der Waals surface area (Å²) in [6.45, 7) is 2.31. The van der Waals surface area contributed by atoms with Gasteiger partial charge in [-0.05, 0) is 38.1 Å². The molecule has 2 aliphatic rings. The largest absolute Gasteiger partial charge is 0.371 e. The fraction of sp³-hybridized carbons (Fsp3) is 1.00. The summed E-state index contributed by atoms with van der Waals surface area (Å²) in [6, 6.07) is 0. The van der Waals surface area contributed by atoms with Crippen LogP contribution >= 0.6 is 0 Å². The molecule has 18 heavy (non-hydrogen) atoms. The molecule has 4 nitrogen and oxygen atoms in total.